The zero-order chi connectivity index (χ0) is 17.5. The van der Waals surface area contributed by atoms with Crippen molar-refractivity contribution in [3.63, 3.8) is 0 Å². The lowest BCUT2D eigenvalue weighted by atomic mass is 10.2. The van der Waals surface area contributed by atoms with Crippen LogP contribution in [0, 0.1) is 0 Å². The van der Waals surface area contributed by atoms with Gasteiger partial charge in [0.15, 0.2) is 0 Å². The minimum atomic E-state index is -4.04. The van der Waals surface area contributed by atoms with E-state index in [1.807, 2.05) is 6.07 Å². The van der Waals surface area contributed by atoms with E-state index >= 15 is 0 Å². The largest absolute Gasteiger partial charge is 0.479 e. The summed E-state index contributed by atoms with van der Waals surface area (Å²) in [7, 11) is -1.93. The number of nitrogens with zero attached hydrogens (tertiary/aromatic N) is 1. The highest BCUT2D eigenvalue weighted by Gasteiger charge is 2.46. The molecule has 1 atom stereocenters. The molecule has 0 saturated heterocycles. The van der Waals surface area contributed by atoms with E-state index < -0.39 is 25.4 Å². The van der Waals surface area contributed by atoms with Gasteiger partial charge in [-0.2, -0.15) is 0 Å². The number of amides is 1. The van der Waals surface area contributed by atoms with Crippen molar-refractivity contribution in [2.45, 2.75) is 19.3 Å². The van der Waals surface area contributed by atoms with E-state index in [0.29, 0.717) is 0 Å². The van der Waals surface area contributed by atoms with Crippen molar-refractivity contribution < 1.29 is 33.0 Å². The average Bonchev–Trinajstić information content (AvgIpc) is 2.57. The third kappa shape index (κ3) is 4.79. The van der Waals surface area contributed by atoms with E-state index in [1.54, 1.807) is 24.3 Å². The van der Waals surface area contributed by atoms with E-state index in [9.17, 15) is 19.3 Å². The smallest absolute Gasteiger partial charge is 0.411 e. The number of carboxylic acids is 1. The Hall–Kier alpha value is -1.89. The molecule has 0 aliphatic rings. The zero-order valence-corrected chi connectivity index (χ0v) is 14.1. The van der Waals surface area contributed by atoms with Gasteiger partial charge in [0.05, 0.1) is 0 Å². The Bertz CT molecular complexity index is 570. The molecule has 0 unspecified atom stereocenters. The number of carboxylic acid groups (broad SMARTS) is 1. The first-order valence-electron chi connectivity index (χ1n) is 6.81. The number of hydrogen-bond donors (Lipinski definition) is 1. The second-order valence-electron chi connectivity index (χ2n) is 4.44. The topological polar surface area (TPSA) is 102 Å². The maximum absolute atomic E-state index is 12.4. The number of carbonyl (C=O) groups excluding carboxylic acids is 1. The SMILES string of the molecule is CCN(C(=O)OCc1ccccc1)[C@@H](C(=O)O)P(=O)(OC)OC. The second kappa shape index (κ2) is 8.67. The fourth-order valence-corrected chi connectivity index (χ4v) is 3.34. The molecule has 8 nitrogen and oxygen atoms in total. The second-order valence-corrected chi connectivity index (χ2v) is 6.74. The molecule has 1 N–H and O–H groups in total. The van der Waals surface area contributed by atoms with Gasteiger partial charge < -0.3 is 18.9 Å². The first-order valence-corrected chi connectivity index (χ1v) is 8.42. The van der Waals surface area contributed by atoms with Crippen molar-refractivity contribution >= 4 is 19.7 Å². The third-order valence-corrected chi connectivity index (χ3v) is 5.22. The minimum Gasteiger partial charge on any atom is -0.479 e. The molecule has 0 aliphatic heterocycles. The van der Waals surface area contributed by atoms with Crippen LogP contribution < -0.4 is 0 Å². The molecule has 23 heavy (non-hydrogen) atoms. The summed E-state index contributed by atoms with van der Waals surface area (Å²) in [6.45, 7) is 1.46. The summed E-state index contributed by atoms with van der Waals surface area (Å²) < 4.78 is 26.9. The summed E-state index contributed by atoms with van der Waals surface area (Å²) >= 11 is 0. The molecule has 0 saturated carbocycles. The van der Waals surface area contributed by atoms with Crippen LogP contribution in [0.1, 0.15) is 12.5 Å². The van der Waals surface area contributed by atoms with Gasteiger partial charge in [-0.05, 0) is 12.5 Å². The summed E-state index contributed by atoms with van der Waals surface area (Å²) in [5.41, 5.74) is 0.741. The number of aliphatic carboxylic acids is 1. The summed E-state index contributed by atoms with van der Waals surface area (Å²) in [4.78, 5) is 24.4. The molecule has 9 heteroatoms. The molecule has 0 bridgehead atoms. The molecule has 0 aromatic heterocycles. The van der Waals surface area contributed by atoms with Gasteiger partial charge in [0.2, 0.25) is 5.78 Å². The normalized spacial score (nSPS) is 12.5. The average molecular weight is 345 g/mol. The Morgan fingerprint density at radius 3 is 2.22 bits per heavy atom. The van der Waals surface area contributed by atoms with Crippen molar-refractivity contribution in [2.24, 2.45) is 0 Å². The van der Waals surface area contributed by atoms with Crippen molar-refractivity contribution in [1.82, 2.24) is 4.90 Å². The van der Waals surface area contributed by atoms with Crippen LogP contribution in [0.2, 0.25) is 0 Å². The van der Waals surface area contributed by atoms with E-state index in [4.69, 9.17) is 13.8 Å². The highest BCUT2D eigenvalue weighted by molar-refractivity contribution is 7.55. The molecule has 1 aromatic carbocycles. The Balaban J connectivity index is 2.92. The van der Waals surface area contributed by atoms with Crippen LogP contribution in [0.25, 0.3) is 0 Å². The predicted molar refractivity (Wildman–Crippen MR) is 82.1 cm³/mol. The maximum atomic E-state index is 12.4. The van der Waals surface area contributed by atoms with Crippen LogP contribution in [0.3, 0.4) is 0 Å². The van der Waals surface area contributed by atoms with Crippen molar-refractivity contribution in [3.05, 3.63) is 35.9 Å². The van der Waals surface area contributed by atoms with E-state index in [2.05, 4.69) is 0 Å². The number of hydrogen-bond acceptors (Lipinski definition) is 6. The highest BCUT2D eigenvalue weighted by Crippen LogP contribution is 2.53. The number of rotatable bonds is 8. The van der Waals surface area contributed by atoms with Crippen LogP contribution in [-0.4, -0.2) is 48.6 Å². The molecule has 1 amide bonds. The Morgan fingerprint density at radius 1 is 1.22 bits per heavy atom. The minimum absolute atomic E-state index is 0.0349. The van der Waals surface area contributed by atoms with Crippen LogP contribution >= 0.6 is 7.60 Å². The molecule has 0 radical (unpaired) electrons. The Morgan fingerprint density at radius 2 is 1.78 bits per heavy atom. The number of benzene rings is 1. The van der Waals surface area contributed by atoms with Gasteiger partial charge in [0.1, 0.15) is 6.61 Å². The van der Waals surface area contributed by atoms with E-state index in [1.165, 1.54) is 6.92 Å². The lowest BCUT2D eigenvalue weighted by molar-refractivity contribution is -0.140. The van der Waals surface area contributed by atoms with Crippen molar-refractivity contribution in [1.29, 1.82) is 0 Å². The van der Waals surface area contributed by atoms with Crippen molar-refractivity contribution in [3.8, 4) is 0 Å². The lowest BCUT2D eigenvalue weighted by Gasteiger charge is -2.30. The molecular formula is C14H20NO7P. The van der Waals surface area contributed by atoms with Crippen LogP contribution in [0.4, 0.5) is 4.79 Å². The van der Waals surface area contributed by atoms with Gasteiger partial charge in [0, 0.05) is 20.8 Å². The molecule has 128 valence electrons. The standard InChI is InChI=1S/C14H20NO7P/c1-4-15(12(13(16)17)23(19,20-2)21-3)14(18)22-10-11-8-6-5-7-9-11/h5-9,12H,4,10H2,1-3H3,(H,16,17)/t12-/m1/s1. The lowest BCUT2D eigenvalue weighted by Crippen LogP contribution is -2.45. The Labute approximate surface area is 134 Å². The summed E-state index contributed by atoms with van der Waals surface area (Å²) in [5, 5.41) is 9.33. The number of ether oxygens (including phenoxy) is 1. The van der Waals surface area contributed by atoms with Crippen LogP contribution in [0.15, 0.2) is 30.3 Å². The van der Waals surface area contributed by atoms with E-state index in [-0.39, 0.29) is 13.2 Å². The molecule has 0 aliphatic carbocycles. The first kappa shape index (κ1) is 19.2. The van der Waals surface area contributed by atoms with Gasteiger partial charge >= 0.3 is 19.7 Å². The predicted octanol–water partition coefficient (Wildman–Crippen LogP) is 2.54. The molecular weight excluding hydrogens is 325 g/mol. The summed E-state index contributed by atoms with van der Waals surface area (Å²) in [5.74, 6) is -3.29. The monoisotopic (exact) mass is 345 g/mol. The maximum Gasteiger partial charge on any atom is 0.411 e. The Kier molecular flexibility index (Phi) is 7.22. The highest BCUT2D eigenvalue weighted by atomic mass is 31.2. The molecule has 0 heterocycles. The summed E-state index contributed by atoms with van der Waals surface area (Å²) in [6, 6.07) is 8.90. The van der Waals surface area contributed by atoms with Gasteiger partial charge in [-0.1, -0.05) is 30.3 Å². The first-order chi connectivity index (χ1) is 10.9. The molecule has 1 aromatic rings. The number of carbonyl (C=O) groups is 2. The van der Waals surface area contributed by atoms with Gasteiger partial charge in [-0.25, -0.2) is 9.59 Å². The number of likely N-dealkylation sites (N-methyl/N-ethyl adjacent to an activating group) is 1. The van der Waals surface area contributed by atoms with Gasteiger partial charge in [-0.15, -0.1) is 0 Å². The summed E-state index contributed by atoms with van der Waals surface area (Å²) in [6.07, 6.45) is -0.918. The fraction of sp³-hybridized carbons (Fsp3) is 0.429. The van der Waals surface area contributed by atoms with Crippen LogP contribution in [-0.2, 0) is 29.8 Å². The molecule has 1 rings (SSSR count). The zero-order valence-electron chi connectivity index (χ0n) is 13.2. The van der Waals surface area contributed by atoms with E-state index in [0.717, 1.165) is 24.7 Å². The molecule has 0 spiro atoms. The third-order valence-electron chi connectivity index (χ3n) is 3.10. The van der Waals surface area contributed by atoms with Crippen molar-refractivity contribution in [2.75, 3.05) is 20.8 Å². The quantitative estimate of drug-likeness (QED) is 0.722. The van der Waals surface area contributed by atoms with Gasteiger partial charge in [-0.3, -0.25) is 9.46 Å². The van der Waals surface area contributed by atoms with Crippen LogP contribution in [0.5, 0.6) is 0 Å². The fourth-order valence-electron chi connectivity index (χ4n) is 1.92. The molecule has 0 fully saturated rings. The van der Waals surface area contributed by atoms with Gasteiger partial charge in [0.25, 0.3) is 0 Å².